The molecule has 0 aliphatic heterocycles. The summed E-state index contributed by atoms with van der Waals surface area (Å²) in [5.41, 5.74) is 1.98. The van der Waals surface area contributed by atoms with Gasteiger partial charge in [0.25, 0.3) is 0 Å². The number of carbonyl (C=O) groups excluding carboxylic acids is 1. The Hall–Kier alpha value is -1.29. The van der Waals surface area contributed by atoms with E-state index in [-0.39, 0.29) is 11.8 Å². The number of anilines is 1. The molecule has 0 spiro atoms. The second-order valence-electron chi connectivity index (χ2n) is 3.50. The molecule has 15 heavy (non-hydrogen) atoms. The van der Waals surface area contributed by atoms with Crippen LogP contribution in [0.4, 0.5) is 5.69 Å². The Kier molecular flexibility index (Phi) is 4.37. The van der Waals surface area contributed by atoms with Crippen molar-refractivity contribution in [3.05, 3.63) is 29.8 Å². The molecule has 0 saturated carbocycles. The molecule has 1 aromatic rings. The lowest BCUT2D eigenvalue weighted by Gasteiger charge is -2.12. The van der Waals surface area contributed by atoms with Gasteiger partial charge in [-0.25, -0.2) is 0 Å². The topological polar surface area (TPSA) is 41.1 Å². The lowest BCUT2D eigenvalue weighted by molar-refractivity contribution is -0.118. The van der Waals surface area contributed by atoms with Gasteiger partial charge >= 0.3 is 0 Å². The summed E-state index contributed by atoms with van der Waals surface area (Å²) in [6.07, 6.45) is 0.705. The normalized spacial score (nSPS) is 12.1. The monoisotopic (exact) mass is 202 g/mol. The highest BCUT2D eigenvalue weighted by Gasteiger charge is 2.11. The minimum absolute atomic E-state index is 0.110. The summed E-state index contributed by atoms with van der Waals surface area (Å²) in [5, 5.41) is 5.55. The lowest BCUT2D eigenvalue weighted by atomic mass is 10.0. The predicted octanol–water partition coefficient (Wildman–Crippen LogP) is 0.901. The van der Waals surface area contributed by atoms with Crippen LogP contribution < -0.4 is 10.5 Å². The van der Waals surface area contributed by atoms with Gasteiger partial charge in [-0.15, -0.1) is 0 Å². The number of hydrogen-bond acceptors (Lipinski definition) is 3. The van der Waals surface area contributed by atoms with Crippen LogP contribution in [0.5, 0.6) is 0 Å². The second kappa shape index (κ2) is 5.56. The Labute approximate surface area is 91.7 Å². The zero-order chi connectivity index (χ0) is 11.3. The van der Waals surface area contributed by atoms with Gasteiger partial charge in [0.2, 0.25) is 7.98 Å². The molecule has 0 aliphatic carbocycles. The average Bonchev–Trinajstić information content (AvgIpc) is 2.26. The summed E-state index contributed by atoms with van der Waals surface area (Å²) in [4.78, 5) is 11.2. The third-order valence-electron chi connectivity index (χ3n) is 2.40. The molecule has 0 aromatic heterocycles. The Bertz CT molecular complexity index is 324. The molecule has 3 nitrogen and oxygen atoms in total. The molecule has 1 atom stereocenters. The van der Waals surface area contributed by atoms with Gasteiger partial charge in [0.15, 0.2) is 0 Å². The number of Topliss-reactive ketones (excluding diaryl/α,β-unsaturated/α-hetero) is 1. The van der Waals surface area contributed by atoms with Crippen LogP contribution in [0.3, 0.4) is 0 Å². The fraction of sp³-hybridized carbons (Fsp3) is 0.364. The van der Waals surface area contributed by atoms with E-state index in [2.05, 4.69) is 10.5 Å². The summed E-state index contributed by atoms with van der Waals surface area (Å²) in [6, 6.07) is 7.59. The molecule has 0 saturated heterocycles. The molecule has 2 radical (unpaired) electrons. The smallest absolute Gasteiger partial charge is 0.222 e. The van der Waals surface area contributed by atoms with Crippen molar-refractivity contribution >= 4 is 19.5 Å². The summed E-state index contributed by atoms with van der Waals surface area (Å²) in [6.45, 7) is 1.59. The van der Waals surface area contributed by atoms with E-state index in [9.17, 15) is 4.79 Å². The standard InChI is InChI=1S/C11H15BN2O/c1-8(15)11(13-2)7-9-3-5-10(14-12)6-4-9/h3-6,11,13-14H,7H2,1-2H3. The van der Waals surface area contributed by atoms with Crippen molar-refractivity contribution in [2.45, 2.75) is 19.4 Å². The van der Waals surface area contributed by atoms with Crippen molar-refractivity contribution in [1.29, 1.82) is 0 Å². The predicted molar refractivity (Wildman–Crippen MR) is 63.1 cm³/mol. The van der Waals surface area contributed by atoms with Crippen LogP contribution in [-0.2, 0) is 11.2 Å². The summed E-state index contributed by atoms with van der Waals surface area (Å²) >= 11 is 0. The maximum absolute atomic E-state index is 11.2. The van der Waals surface area contributed by atoms with Crippen LogP contribution in [-0.4, -0.2) is 26.9 Å². The van der Waals surface area contributed by atoms with E-state index >= 15 is 0 Å². The number of carbonyl (C=O) groups is 1. The SMILES string of the molecule is [B]Nc1ccc(CC(NC)C(C)=O)cc1. The molecule has 0 heterocycles. The van der Waals surface area contributed by atoms with E-state index in [1.807, 2.05) is 24.3 Å². The van der Waals surface area contributed by atoms with Gasteiger partial charge < -0.3 is 10.5 Å². The van der Waals surface area contributed by atoms with Gasteiger partial charge in [-0.2, -0.15) is 0 Å². The minimum Gasteiger partial charge on any atom is -0.437 e. The number of hydrogen-bond donors (Lipinski definition) is 2. The number of likely N-dealkylation sites (N-methyl/N-ethyl adjacent to an activating group) is 1. The highest BCUT2D eigenvalue weighted by atomic mass is 16.1. The fourth-order valence-corrected chi connectivity index (χ4v) is 1.42. The first-order valence-corrected chi connectivity index (χ1v) is 4.90. The van der Waals surface area contributed by atoms with Gasteiger partial charge in [-0.05, 0) is 38.1 Å². The number of ketones is 1. The van der Waals surface area contributed by atoms with Crippen LogP contribution in [0.25, 0.3) is 0 Å². The van der Waals surface area contributed by atoms with Crippen LogP contribution in [0.1, 0.15) is 12.5 Å². The summed E-state index contributed by atoms with van der Waals surface area (Å²) in [7, 11) is 7.05. The summed E-state index contributed by atoms with van der Waals surface area (Å²) < 4.78 is 0. The highest BCUT2D eigenvalue weighted by molar-refractivity contribution is 6.15. The van der Waals surface area contributed by atoms with E-state index in [1.54, 1.807) is 14.0 Å². The molecule has 1 unspecified atom stereocenters. The number of rotatable bonds is 5. The maximum atomic E-state index is 11.2. The van der Waals surface area contributed by atoms with Gasteiger partial charge in [-0.1, -0.05) is 12.1 Å². The van der Waals surface area contributed by atoms with E-state index in [1.165, 1.54) is 0 Å². The largest absolute Gasteiger partial charge is 0.437 e. The van der Waals surface area contributed by atoms with Crippen molar-refractivity contribution in [2.24, 2.45) is 0 Å². The Morgan fingerprint density at radius 1 is 1.40 bits per heavy atom. The van der Waals surface area contributed by atoms with Crippen LogP contribution in [0.15, 0.2) is 24.3 Å². The van der Waals surface area contributed by atoms with Gasteiger partial charge in [0.05, 0.1) is 6.04 Å². The molecule has 4 heteroatoms. The third-order valence-corrected chi connectivity index (χ3v) is 2.40. The first-order valence-electron chi connectivity index (χ1n) is 4.90. The molecule has 2 N–H and O–H groups in total. The summed E-state index contributed by atoms with van der Waals surface area (Å²) in [5.74, 6) is 0.151. The Morgan fingerprint density at radius 2 is 2.00 bits per heavy atom. The van der Waals surface area contributed by atoms with Crippen molar-refractivity contribution in [3.8, 4) is 0 Å². The van der Waals surface area contributed by atoms with E-state index in [0.29, 0.717) is 6.42 Å². The minimum atomic E-state index is -0.110. The van der Waals surface area contributed by atoms with Crippen LogP contribution in [0, 0.1) is 0 Å². The molecular weight excluding hydrogens is 187 g/mol. The average molecular weight is 202 g/mol. The van der Waals surface area contributed by atoms with E-state index in [0.717, 1.165) is 11.3 Å². The molecule has 1 aromatic carbocycles. The first kappa shape index (κ1) is 11.8. The zero-order valence-electron chi connectivity index (χ0n) is 9.08. The quantitative estimate of drug-likeness (QED) is 0.697. The van der Waals surface area contributed by atoms with Crippen LogP contribution >= 0.6 is 0 Å². The molecule has 0 bridgehead atoms. The second-order valence-corrected chi connectivity index (χ2v) is 3.50. The number of benzene rings is 1. The van der Waals surface area contributed by atoms with Gasteiger partial charge in [-0.3, -0.25) is 4.79 Å². The fourth-order valence-electron chi connectivity index (χ4n) is 1.42. The first-order chi connectivity index (χ1) is 7.17. The van der Waals surface area contributed by atoms with E-state index < -0.39 is 0 Å². The molecule has 0 amide bonds. The van der Waals surface area contributed by atoms with Crippen molar-refractivity contribution in [2.75, 3.05) is 12.3 Å². The zero-order valence-corrected chi connectivity index (χ0v) is 9.08. The third kappa shape index (κ3) is 3.40. The van der Waals surface area contributed by atoms with Crippen molar-refractivity contribution < 1.29 is 4.79 Å². The van der Waals surface area contributed by atoms with Crippen molar-refractivity contribution in [1.82, 2.24) is 5.32 Å². The molecular formula is C11H15BN2O. The van der Waals surface area contributed by atoms with Crippen LogP contribution in [0.2, 0.25) is 0 Å². The molecule has 1 rings (SSSR count). The lowest BCUT2D eigenvalue weighted by Crippen LogP contribution is -2.34. The molecule has 78 valence electrons. The molecule has 0 aliphatic rings. The van der Waals surface area contributed by atoms with Crippen molar-refractivity contribution in [3.63, 3.8) is 0 Å². The van der Waals surface area contributed by atoms with Gasteiger partial charge in [0.1, 0.15) is 5.78 Å². The number of nitrogens with one attached hydrogen (secondary N) is 2. The van der Waals surface area contributed by atoms with Gasteiger partial charge in [0, 0.05) is 5.69 Å². The van der Waals surface area contributed by atoms with E-state index in [4.69, 9.17) is 7.98 Å². The highest BCUT2D eigenvalue weighted by Crippen LogP contribution is 2.10. The Morgan fingerprint density at radius 3 is 2.40 bits per heavy atom. The molecule has 0 fully saturated rings. The maximum Gasteiger partial charge on any atom is 0.222 e. The Balaban J connectivity index is 2.67.